The molecule has 0 saturated heterocycles. The molecule has 5 nitrogen and oxygen atoms in total. The van der Waals surface area contributed by atoms with Crippen LogP contribution in [0.1, 0.15) is 22.9 Å². The molecule has 4 rings (SSSR count). The van der Waals surface area contributed by atoms with E-state index in [1.807, 2.05) is 36.4 Å². The van der Waals surface area contributed by atoms with Crippen molar-refractivity contribution in [2.45, 2.75) is 19.1 Å². The van der Waals surface area contributed by atoms with E-state index in [0.717, 1.165) is 31.1 Å². The Labute approximate surface area is 169 Å². The highest BCUT2D eigenvalue weighted by atomic mass is 32.1. The van der Waals surface area contributed by atoms with Crippen molar-refractivity contribution in [1.82, 2.24) is 15.2 Å². The fraction of sp³-hybridized carbons (Fsp3) is 0.273. The molecule has 28 heavy (non-hydrogen) atoms. The molecule has 0 saturated carbocycles. The molecular weight excluding hydrogens is 370 g/mol. The van der Waals surface area contributed by atoms with Gasteiger partial charge in [0.05, 0.1) is 6.42 Å². The van der Waals surface area contributed by atoms with Gasteiger partial charge in [-0.05, 0) is 35.0 Å². The maximum atomic E-state index is 12.2. The van der Waals surface area contributed by atoms with Crippen molar-refractivity contribution in [3.63, 3.8) is 0 Å². The summed E-state index contributed by atoms with van der Waals surface area (Å²) in [5.74, 6) is 0.944. The molecule has 3 heterocycles. The van der Waals surface area contributed by atoms with E-state index in [2.05, 4.69) is 38.1 Å². The van der Waals surface area contributed by atoms with Gasteiger partial charge in [-0.2, -0.15) is 11.3 Å². The fourth-order valence-electron chi connectivity index (χ4n) is 3.37. The lowest BCUT2D eigenvalue weighted by Gasteiger charge is -2.23. The second kappa shape index (κ2) is 8.99. The predicted octanol–water partition coefficient (Wildman–Crippen LogP) is 3.44. The Morgan fingerprint density at radius 2 is 2.11 bits per heavy atom. The number of pyridine rings is 1. The van der Waals surface area contributed by atoms with Gasteiger partial charge < -0.3 is 10.1 Å². The van der Waals surface area contributed by atoms with Gasteiger partial charge in [0.2, 0.25) is 5.91 Å². The molecule has 0 spiro atoms. The first-order valence-electron chi connectivity index (χ1n) is 9.43. The summed E-state index contributed by atoms with van der Waals surface area (Å²) in [5.41, 5.74) is 3.17. The summed E-state index contributed by atoms with van der Waals surface area (Å²) in [5, 5.41) is 7.24. The average Bonchev–Trinajstić information content (AvgIpc) is 3.18. The van der Waals surface area contributed by atoms with Gasteiger partial charge in [-0.3, -0.25) is 14.7 Å². The molecular formula is C22H23N3O2S. The van der Waals surface area contributed by atoms with Crippen molar-refractivity contribution in [2.75, 3.05) is 19.6 Å². The maximum absolute atomic E-state index is 12.2. The van der Waals surface area contributed by atoms with Crippen LogP contribution in [0.5, 0.6) is 5.75 Å². The van der Waals surface area contributed by atoms with Gasteiger partial charge in [-0.1, -0.05) is 24.3 Å². The molecule has 1 aromatic carbocycles. The van der Waals surface area contributed by atoms with Crippen LogP contribution in [0.15, 0.2) is 65.5 Å². The van der Waals surface area contributed by atoms with Crippen LogP contribution in [0.3, 0.4) is 0 Å². The minimum Gasteiger partial charge on any atom is -0.484 e. The molecule has 0 radical (unpaired) electrons. The zero-order valence-corrected chi connectivity index (χ0v) is 16.4. The van der Waals surface area contributed by atoms with Gasteiger partial charge >= 0.3 is 0 Å². The molecule has 1 atom stereocenters. The summed E-state index contributed by atoms with van der Waals surface area (Å²) >= 11 is 1.68. The van der Waals surface area contributed by atoms with Crippen LogP contribution in [-0.4, -0.2) is 35.4 Å². The van der Waals surface area contributed by atoms with Crippen molar-refractivity contribution < 1.29 is 9.53 Å². The SMILES string of the molecule is O=C(Cc1ccccn1)NCCN1Cc2ccccc2OC(c2ccsc2)C1. The highest BCUT2D eigenvalue weighted by Gasteiger charge is 2.24. The Hall–Kier alpha value is -2.70. The Balaban J connectivity index is 1.37. The third-order valence-electron chi connectivity index (χ3n) is 4.79. The van der Waals surface area contributed by atoms with E-state index in [9.17, 15) is 4.79 Å². The molecule has 0 fully saturated rings. The Kier molecular flexibility index (Phi) is 5.99. The number of nitrogens with zero attached hydrogens (tertiary/aromatic N) is 2. The smallest absolute Gasteiger partial charge is 0.226 e. The first-order valence-corrected chi connectivity index (χ1v) is 10.4. The van der Waals surface area contributed by atoms with E-state index in [0.29, 0.717) is 13.0 Å². The second-order valence-corrected chi connectivity index (χ2v) is 7.63. The van der Waals surface area contributed by atoms with E-state index < -0.39 is 0 Å². The molecule has 0 bridgehead atoms. The van der Waals surface area contributed by atoms with Crippen LogP contribution in [0.2, 0.25) is 0 Å². The van der Waals surface area contributed by atoms with E-state index in [1.54, 1.807) is 17.5 Å². The highest BCUT2D eigenvalue weighted by molar-refractivity contribution is 7.07. The average molecular weight is 394 g/mol. The standard InChI is InChI=1S/C22H23N3O2S/c26-22(13-19-6-3-4-9-23-19)24-10-11-25-14-17-5-1-2-7-20(17)27-21(15-25)18-8-12-28-16-18/h1-9,12,16,21H,10-11,13-15H2,(H,24,26). The molecule has 144 valence electrons. The van der Waals surface area contributed by atoms with Crippen LogP contribution in [0, 0.1) is 0 Å². The molecule has 6 heteroatoms. The van der Waals surface area contributed by atoms with Gasteiger partial charge in [0.15, 0.2) is 0 Å². The Bertz CT molecular complexity index is 899. The first kappa shape index (κ1) is 18.7. The number of carbonyl (C=O) groups excluding carboxylic acids is 1. The number of aromatic nitrogens is 1. The van der Waals surface area contributed by atoms with Gasteiger partial charge in [-0.15, -0.1) is 0 Å². The number of ether oxygens (including phenoxy) is 1. The third kappa shape index (κ3) is 4.77. The molecule has 0 aliphatic carbocycles. The number of rotatable bonds is 6. The number of thiophene rings is 1. The highest BCUT2D eigenvalue weighted by Crippen LogP contribution is 2.31. The van der Waals surface area contributed by atoms with E-state index in [4.69, 9.17) is 4.74 Å². The summed E-state index contributed by atoms with van der Waals surface area (Å²) in [4.78, 5) is 18.7. The molecule has 1 aliphatic heterocycles. The Morgan fingerprint density at radius 1 is 1.21 bits per heavy atom. The molecule has 1 N–H and O–H groups in total. The van der Waals surface area contributed by atoms with E-state index in [1.165, 1.54) is 11.1 Å². The number of nitrogens with one attached hydrogen (secondary N) is 1. The third-order valence-corrected chi connectivity index (χ3v) is 5.49. The molecule has 3 aromatic rings. The summed E-state index contributed by atoms with van der Waals surface area (Å²) in [6.07, 6.45) is 2.02. The van der Waals surface area contributed by atoms with Crippen molar-refractivity contribution in [3.8, 4) is 5.75 Å². The number of hydrogen-bond donors (Lipinski definition) is 1. The van der Waals surface area contributed by atoms with Gasteiger partial charge in [0.1, 0.15) is 11.9 Å². The summed E-state index contributed by atoms with van der Waals surface area (Å²) < 4.78 is 6.31. The fourth-order valence-corrected chi connectivity index (χ4v) is 4.07. The van der Waals surface area contributed by atoms with Crippen molar-refractivity contribution in [3.05, 3.63) is 82.3 Å². The first-order chi connectivity index (χ1) is 13.8. The topological polar surface area (TPSA) is 54.5 Å². The molecule has 1 unspecified atom stereocenters. The number of benzene rings is 1. The number of amides is 1. The Morgan fingerprint density at radius 3 is 2.93 bits per heavy atom. The largest absolute Gasteiger partial charge is 0.484 e. The van der Waals surface area contributed by atoms with Crippen molar-refractivity contribution in [1.29, 1.82) is 0 Å². The summed E-state index contributed by atoms with van der Waals surface area (Å²) in [6.45, 7) is 2.98. The van der Waals surface area contributed by atoms with Crippen LogP contribution >= 0.6 is 11.3 Å². The van der Waals surface area contributed by atoms with Crippen molar-refractivity contribution in [2.24, 2.45) is 0 Å². The lowest BCUT2D eigenvalue weighted by atomic mass is 10.2. The predicted molar refractivity (Wildman–Crippen MR) is 110 cm³/mol. The number of para-hydroxylation sites is 1. The summed E-state index contributed by atoms with van der Waals surface area (Å²) in [7, 11) is 0. The zero-order valence-electron chi connectivity index (χ0n) is 15.6. The van der Waals surface area contributed by atoms with Crippen LogP contribution in [0.25, 0.3) is 0 Å². The van der Waals surface area contributed by atoms with E-state index >= 15 is 0 Å². The van der Waals surface area contributed by atoms with Crippen LogP contribution in [0.4, 0.5) is 0 Å². The number of fused-ring (bicyclic) bond motifs is 1. The van der Waals surface area contributed by atoms with Gasteiger partial charge in [0, 0.05) is 49.2 Å². The quantitative estimate of drug-likeness (QED) is 0.697. The van der Waals surface area contributed by atoms with Crippen LogP contribution < -0.4 is 10.1 Å². The minimum atomic E-state index is -0.000815. The van der Waals surface area contributed by atoms with Gasteiger partial charge in [0.25, 0.3) is 0 Å². The molecule has 1 amide bonds. The summed E-state index contributed by atoms with van der Waals surface area (Å²) in [6, 6.07) is 15.9. The lowest BCUT2D eigenvalue weighted by Crippen LogP contribution is -2.37. The molecule has 1 aliphatic rings. The number of hydrogen-bond acceptors (Lipinski definition) is 5. The normalized spacial score (nSPS) is 16.6. The maximum Gasteiger partial charge on any atom is 0.226 e. The second-order valence-electron chi connectivity index (χ2n) is 6.85. The monoisotopic (exact) mass is 393 g/mol. The number of carbonyl (C=O) groups is 1. The lowest BCUT2D eigenvalue weighted by molar-refractivity contribution is -0.120. The van der Waals surface area contributed by atoms with Gasteiger partial charge in [-0.25, -0.2) is 0 Å². The molecule has 2 aromatic heterocycles. The van der Waals surface area contributed by atoms with Crippen LogP contribution in [-0.2, 0) is 17.8 Å². The zero-order chi connectivity index (χ0) is 19.2. The van der Waals surface area contributed by atoms with Crippen molar-refractivity contribution >= 4 is 17.2 Å². The minimum absolute atomic E-state index is 0.000410. The van der Waals surface area contributed by atoms with E-state index in [-0.39, 0.29) is 12.0 Å².